The fourth-order valence-electron chi connectivity index (χ4n) is 1.31. The van der Waals surface area contributed by atoms with E-state index >= 15 is 0 Å². The van der Waals surface area contributed by atoms with Crippen LogP contribution in [0.2, 0.25) is 0 Å². The van der Waals surface area contributed by atoms with Gasteiger partial charge < -0.3 is 19.9 Å². The van der Waals surface area contributed by atoms with Crippen LogP contribution in [0.3, 0.4) is 0 Å². The lowest BCUT2D eigenvalue weighted by Crippen LogP contribution is -2.31. The van der Waals surface area contributed by atoms with Crippen LogP contribution in [-0.4, -0.2) is 36.8 Å². The molecule has 1 atom stereocenters. The van der Waals surface area contributed by atoms with E-state index in [0.29, 0.717) is 12.3 Å². The van der Waals surface area contributed by atoms with Crippen LogP contribution in [-0.2, 0) is 20.9 Å². The second-order valence-electron chi connectivity index (χ2n) is 3.92. The molecule has 0 aliphatic heterocycles. The Labute approximate surface area is 111 Å². The number of hydrogen-bond donors (Lipinski definition) is 2. The zero-order valence-corrected chi connectivity index (χ0v) is 10.9. The van der Waals surface area contributed by atoms with E-state index in [1.807, 2.05) is 18.2 Å². The molecule has 1 rings (SSSR count). The van der Waals surface area contributed by atoms with Crippen molar-refractivity contribution in [2.24, 2.45) is 0 Å². The van der Waals surface area contributed by atoms with Gasteiger partial charge in [0.1, 0.15) is 12.4 Å². The van der Waals surface area contributed by atoms with Gasteiger partial charge in [-0.1, -0.05) is 12.1 Å². The van der Waals surface area contributed by atoms with Crippen LogP contribution in [0.1, 0.15) is 12.5 Å². The zero-order valence-electron chi connectivity index (χ0n) is 10.9. The standard InChI is InChI=1S/C13H17NO5/c1-9(13(16)17)19-8-12(15)14-7-10-4-3-5-11(6-10)18-2/h3-6,9H,7-8H2,1-2H3,(H,14,15)(H,16,17)/t9-/m0/s1. The van der Waals surface area contributed by atoms with Gasteiger partial charge in [-0.3, -0.25) is 4.79 Å². The van der Waals surface area contributed by atoms with E-state index in [1.54, 1.807) is 13.2 Å². The third-order valence-electron chi connectivity index (χ3n) is 2.44. The predicted octanol–water partition coefficient (Wildman–Crippen LogP) is 0.801. The Morgan fingerprint density at radius 1 is 1.42 bits per heavy atom. The van der Waals surface area contributed by atoms with Crippen LogP contribution in [0.4, 0.5) is 0 Å². The number of carbonyl (C=O) groups excluding carboxylic acids is 1. The SMILES string of the molecule is COc1cccc(CNC(=O)CO[C@@H](C)C(=O)O)c1. The Bertz CT molecular complexity index is 446. The highest BCUT2D eigenvalue weighted by molar-refractivity contribution is 5.78. The second kappa shape index (κ2) is 7.38. The van der Waals surface area contributed by atoms with E-state index in [0.717, 1.165) is 5.56 Å². The van der Waals surface area contributed by atoms with E-state index in [9.17, 15) is 9.59 Å². The van der Waals surface area contributed by atoms with Crippen molar-refractivity contribution >= 4 is 11.9 Å². The molecular formula is C13H17NO5. The average molecular weight is 267 g/mol. The van der Waals surface area contributed by atoms with Crippen molar-refractivity contribution in [1.29, 1.82) is 0 Å². The highest BCUT2D eigenvalue weighted by Gasteiger charge is 2.12. The Morgan fingerprint density at radius 3 is 2.79 bits per heavy atom. The normalized spacial score (nSPS) is 11.7. The third-order valence-corrected chi connectivity index (χ3v) is 2.44. The Balaban J connectivity index is 2.35. The molecule has 1 aromatic rings. The number of carbonyl (C=O) groups is 2. The van der Waals surface area contributed by atoms with Gasteiger partial charge in [-0.15, -0.1) is 0 Å². The molecule has 0 radical (unpaired) electrons. The molecule has 0 heterocycles. The first-order chi connectivity index (χ1) is 9.02. The van der Waals surface area contributed by atoms with Crippen LogP contribution in [0.5, 0.6) is 5.75 Å². The average Bonchev–Trinajstić information content (AvgIpc) is 2.42. The second-order valence-corrected chi connectivity index (χ2v) is 3.92. The van der Waals surface area contributed by atoms with Gasteiger partial charge in [0.05, 0.1) is 7.11 Å². The summed E-state index contributed by atoms with van der Waals surface area (Å²) in [5.41, 5.74) is 0.888. The van der Waals surface area contributed by atoms with Crippen molar-refractivity contribution in [2.75, 3.05) is 13.7 Å². The first-order valence-electron chi connectivity index (χ1n) is 5.77. The van der Waals surface area contributed by atoms with Crippen molar-refractivity contribution in [3.63, 3.8) is 0 Å². The van der Waals surface area contributed by atoms with E-state index in [2.05, 4.69) is 5.32 Å². The number of nitrogens with one attached hydrogen (secondary N) is 1. The lowest BCUT2D eigenvalue weighted by Gasteiger charge is -2.09. The van der Waals surface area contributed by atoms with Crippen LogP contribution >= 0.6 is 0 Å². The number of carboxylic acid groups (broad SMARTS) is 1. The summed E-state index contributed by atoms with van der Waals surface area (Å²) in [7, 11) is 1.57. The van der Waals surface area contributed by atoms with Gasteiger partial charge in [0.2, 0.25) is 5.91 Å². The van der Waals surface area contributed by atoms with Gasteiger partial charge in [0.15, 0.2) is 6.10 Å². The highest BCUT2D eigenvalue weighted by Crippen LogP contribution is 2.11. The summed E-state index contributed by atoms with van der Waals surface area (Å²) in [5, 5.41) is 11.2. The first-order valence-corrected chi connectivity index (χ1v) is 5.77. The Hall–Kier alpha value is -2.08. The smallest absolute Gasteiger partial charge is 0.332 e. The summed E-state index contributed by atoms with van der Waals surface area (Å²) < 4.78 is 9.93. The molecule has 1 amide bonds. The number of amides is 1. The molecule has 2 N–H and O–H groups in total. The summed E-state index contributed by atoms with van der Waals surface area (Å²) in [6.45, 7) is 1.43. The van der Waals surface area contributed by atoms with Gasteiger partial charge in [-0.05, 0) is 24.6 Å². The number of methoxy groups -OCH3 is 1. The maximum Gasteiger partial charge on any atom is 0.332 e. The lowest BCUT2D eigenvalue weighted by atomic mass is 10.2. The number of aliphatic carboxylic acids is 1. The minimum absolute atomic E-state index is 0.280. The predicted molar refractivity (Wildman–Crippen MR) is 67.9 cm³/mol. The molecule has 6 nitrogen and oxygen atoms in total. The van der Waals surface area contributed by atoms with E-state index in [1.165, 1.54) is 6.92 Å². The monoisotopic (exact) mass is 267 g/mol. The minimum Gasteiger partial charge on any atom is -0.497 e. The minimum atomic E-state index is -1.10. The van der Waals surface area contributed by atoms with Crippen LogP contribution in [0.15, 0.2) is 24.3 Å². The molecule has 0 aliphatic rings. The molecular weight excluding hydrogens is 250 g/mol. The van der Waals surface area contributed by atoms with Crippen molar-refractivity contribution in [1.82, 2.24) is 5.32 Å². The van der Waals surface area contributed by atoms with Gasteiger partial charge in [-0.2, -0.15) is 0 Å². The van der Waals surface area contributed by atoms with Crippen LogP contribution < -0.4 is 10.1 Å². The maximum atomic E-state index is 11.4. The number of hydrogen-bond acceptors (Lipinski definition) is 4. The lowest BCUT2D eigenvalue weighted by molar-refractivity contribution is -0.150. The molecule has 19 heavy (non-hydrogen) atoms. The molecule has 0 fully saturated rings. The fourth-order valence-corrected chi connectivity index (χ4v) is 1.31. The summed E-state index contributed by atoms with van der Waals surface area (Å²) in [5.74, 6) is -0.751. The molecule has 0 aromatic heterocycles. The number of rotatable bonds is 7. The summed E-state index contributed by atoms with van der Waals surface area (Å²) in [6.07, 6.45) is -0.998. The molecule has 1 aromatic carbocycles. The van der Waals surface area contributed by atoms with Gasteiger partial charge in [0.25, 0.3) is 0 Å². The van der Waals surface area contributed by atoms with Crippen molar-refractivity contribution in [3.05, 3.63) is 29.8 Å². The molecule has 0 bridgehead atoms. The van der Waals surface area contributed by atoms with Gasteiger partial charge in [0, 0.05) is 6.54 Å². The molecule has 104 valence electrons. The highest BCUT2D eigenvalue weighted by atomic mass is 16.5. The molecule has 0 spiro atoms. The number of ether oxygens (including phenoxy) is 2. The molecule has 0 aliphatic carbocycles. The summed E-state index contributed by atoms with van der Waals surface area (Å²) >= 11 is 0. The quantitative estimate of drug-likeness (QED) is 0.763. The van der Waals surface area contributed by atoms with Gasteiger partial charge in [-0.25, -0.2) is 4.79 Å². The van der Waals surface area contributed by atoms with Crippen molar-refractivity contribution in [2.45, 2.75) is 19.6 Å². The van der Waals surface area contributed by atoms with Crippen molar-refractivity contribution < 1.29 is 24.2 Å². The summed E-state index contributed by atoms with van der Waals surface area (Å²) in [4.78, 5) is 21.9. The fraction of sp³-hybridized carbons (Fsp3) is 0.385. The Kier molecular flexibility index (Phi) is 5.81. The zero-order chi connectivity index (χ0) is 14.3. The molecule has 6 heteroatoms. The first kappa shape index (κ1) is 15.0. The van der Waals surface area contributed by atoms with E-state index in [-0.39, 0.29) is 12.5 Å². The van der Waals surface area contributed by atoms with Crippen LogP contribution in [0, 0.1) is 0 Å². The van der Waals surface area contributed by atoms with Gasteiger partial charge >= 0.3 is 5.97 Å². The summed E-state index contributed by atoms with van der Waals surface area (Å²) in [6, 6.07) is 7.29. The Morgan fingerprint density at radius 2 is 2.16 bits per heavy atom. The van der Waals surface area contributed by atoms with E-state index < -0.39 is 12.1 Å². The number of carboxylic acids is 1. The molecule has 0 saturated heterocycles. The maximum absolute atomic E-state index is 11.4. The van der Waals surface area contributed by atoms with Crippen LogP contribution in [0.25, 0.3) is 0 Å². The molecule has 0 unspecified atom stereocenters. The molecule has 0 saturated carbocycles. The third kappa shape index (κ3) is 5.39. The van der Waals surface area contributed by atoms with E-state index in [4.69, 9.17) is 14.6 Å². The number of benzene rings is 1. The largest absolute Gasteiger partial charge is 0.497 e. The van der Waals surface area contributed by atoms with Crippen molar-refractivity contribution in [3.8, 4) is 5.75 Å². The topological polar surface area (TPSA) is 84.9 Å².